The van der Waals surface area contributed by atoms with Gasteiger partial charge in [0.25, 0.3) is 0 Å². The minimum absolute atomic E-state index is 0.313. The zero-order valence-electron chi connectivity index (χ0n) is 13.5. The largest absolute Gasteiger partial charge is 0.370 e. The summed E-state index contributed by atoms with van der Waals surface area (Å²) in [6.07, 6.45) is 2.89. The van der Waals surface area contributed by atoms with Crippen molar-refractivity contribution < 1.29 is 0 Å². The van der Waals surface area contributed by atoms with Gasteiger partial charge in [-0.3, -0.25) is 0 Å². The maximum atomic E-state index is 8.88. The maximum Gasteiger partial charge on any atom is 0.137 e. The molecule has 0 amide bonds. The van der Waals surface area contributed by atoms with Gasteiger partial charge in [0.2, 0.25) is 0 Å². The van der Waals surface area contributed by atoms with Crippen LogP contribution in [0, 0.1) is 18.3 Å². The van der Waals surface area contributed by atoms with E-state index in [0.29, 0.717) is 24.9 Å². The summed E-state index contributed by atoms with van der Waals surface area (Å²) in [5, 5.41) is 12.2. The number of nitrogens with zero attached hydrogens (tertiary/aromatic N) is 4. The summed E-state index contributed by atoms with van der Waals surface area (Å²) in [6, 6.07) is 2.54. The van der Waals surface area contributed by atoms with Crippen LogP contribution in [0.3, 0.4) is 0 Å². The van der Waals surface area contributed by atoms with Gasteiger partial charge in [0.05, 0.1) is 12.5 Å². The van der Waals surface area contributed by atoms with E-state index in [0.717, 1.165) is 29.6 Å². The molecule has 1 aliphatic rings. The Morgan fingerprint density at radius 1 is 1.38 bits per heavy atom. The third-order valence-corrected chi connectivity index (χ3v) is 3.78. The predicted octanol–water partition coefficient (Wildman–Crippen LogP) is 3.22. The molecule has 1 heterocycles. The van der Waals surface area contributed by atoms with E-state index in [9.17, 15) is 0 Å². The van der Waals surface area contributed by atoms with E-state index in [4.69, 9.17) is 15.2 Å². The fourth-order valence-electron chi connectivity index (χ4n) is 2.44. The second kappa shape index (κ2) is 6.75. The number of aromatic nitrogens is 2. The highest BCUT2D eigenvalue weighted by Crippen LogP contribution is 2.40. The van der Waals surface area contributed by atoms with Crippen molar-refractivity contribution >= 4 is 11.6 Å². The van der Waals surface area contributed by atoms with Crippen LogP contribution in [0.1, 0.15) is 57.3 Å². The average molecular weight is 287 g/mol. The van der Waals surface area contributed by atoms with E-state index in [1.807, 2.05) is 0 Å². The Hall–Kier alpha value is -1.83. The molecule has 0 bridgehead atoms. The molecule has 2 rings (SSSR count). The molecule has 1 aliphatic carbocycles. The summed E-state index contributed by atoms with van der Waals surface area (Å²) in [6.45, 7) is 9.98. The van der Waals surface area contributed by atoms with Crippen LogP contribution in [0.2, 0.25) is 0 Å². The summed E-state index contributed by atoms with van der Waals surface area (Å²) < 4.78 is 0. The van der Waals surface area contributed by atoms with Gasteiger partial charge in [-0.1, -0.05) is 0 Å². The van der Waals surface area contributed by atoms with Gasteiger partial charge in [-0.05, 0) is 40.5 Å². The zero-order chi connectivity index (χ0) is 15.4. The van der Waals surface area contributed by atoms with E-state index >= 15 is 0 Å². The van der Waals surface area contributed by atoms with E-state index in [1.165, 1.54) is 12.8 Å². The first-order valence-corrected chi connectivity index (χ1v) is 7.84. The van der Waals surface area contributed by atoms with Gasteiger partial charge in [0, 0.05) is 30.6 Å². The summed E-state index contributed by atoms with van der Waals surface area (Å²) in [5.74, 6) is 3.39. The van der Waals surface area contributed by atoms with Crippen LogP contribution in [0.5, 0.6) is 0 Å². The first kappa shape index (κ1) is 15.6. The Balaban J connectivity index is 2.40. The van der Waals surface area contributed by atoms with Gasteiger partial charge in [-0.15, -0.1) is 0 Å². The highest BCUT2D eigenvalue weighted by atomic mass is 15.2. The van der Waals surface area contributed by atoms with Crippen molar-refractivity contribution in [2.45, 2.75) is 58.9 Å². The SMILES string of the molecule is CCNc1nc(C2CC2)nc(N(CCC#N)C(C)C)c1C. The lowest BCUT2D eigenvalue weighted by Gasteiger charge is -2.29. The quantitative estimate of drug-likeness (QED) is 0.834. The van der Waals surface area contributed by atoms with Gasteiger partial charge in [0.15, 0.2) is 0 Å². The van der Waals surface area contributed by atoms with E-state index in [1.54, 1.807) is 0 Å². The standard InChI is InChI=1S/C16H25N5/c1-5-18-14-12(4)16(20-15(19-14)13-7-8-13)21(11(2)3)10-6-9-17/h11,13H,5-8,10H2,1-4H3,(H,18,19,20). The highest BCUT2D eigenvalue weighted by molar-refractivity contribution is 5.59. The predicted molar refractivity (Wildman–Crippen MR) is 85.6 cm³/mol. The minimum Gasteiger partial charge on any atom is -0.370 e. The van der Waals surface area contributed by atoms with Gasteiger partial charge < -0.3 is 10.2 Å². The molecule has 0 radical (unpaired) electrons. The number of nitriles is 1. The summed E-state index contributed by atoms with van der Waals surface area (Å²) in [4.78, 5) is 11.7. The Labute approximate surface area is 127 Å². The van der Waals surface area contributed by atoms with Gasteiger partial charge in [-0.2, -0.15) is 5.26 Å². The van der Waals surface area contributed by atoms with Crippen molar-refractivity contribution in [1.82, 2.24) is 9.97 Å². The third kappa shape index (κ3) is 3.63. The van der Waals surface area contributed by atoms with Crippen LogP contribution in [-0.4, -0.2) is 29.1 Å². The molecule has 5 heteroatoms. The van der Waals surface area contributed by atoms with Crippen LogP contribution >= 0.6 is 0 Å². The van der Waals surface area contributed by atoms with Crippen molar-refractivity contribution in [3.05, 3.63) is 11.4 Å². The van der Waals surface area contributed by atoms with Crippen LogP contribution in [0.15, 0.2) is 0 Å². The van der Waals surface area contributed by atoms with E-state index in [2.05, 4.69) is 44.0 Å². The lowest BCUT2D eigenvalue weighted by molar-refractivity contribution is 0.669. The fraction of sp³-hybridized carbons (Fsp3) is 0.688. The van der Waals surface area contributed by atoms with Gasteiger partial charge in [-0.25, -0.2) is 9.97 Å². The van der Waals surface area contributed by atoms with Crippen molar-refractivity contribution in [3.8, 4) is 6.07 Å². The Bertz CT molecular complexity index is 528. The molecular formula is C16H25N5. The number of nitrogens with one attached hydrogen (secondary N) is 1. The van der Waals surface area contributed by atoms with Crippen molar-refractivity contribution in [1.29, 1.82) is 5.26 Å². The molecule has 5 nitrogen and oxygen atoms in total. The summed E-state index contributed by atoms with van der Waals surface area (Å²) >= 11 is 0. The number of anilines is 2. The number of hydrogen-bond donors (Lipinski definition) is 1. The molecule has 0 spiro atoms. The van der Waals surface area contributed by atoms with Crippen molar-refractivity contribution in [2.24, 2.45) is 0 Å². The number of hydrogen-bond acceptors (Lipinski definition) is 5. The molecule has 0 aliphatic heterocycles. The highest BCUT2D eigenvalue weighted by Gasteiger charge is 2.29. The third-order valence-electron chi connectivity index (χ3n) is 3.78. The summed E-state index contributed by atoms with van der Waals surface area (Å²) in [5.41, 5.74) is 1.08. The average Bonchev–Trinajstić information content (AvgIpc) is 3.27. The molecule has 1 N–H and O–H groups in total. The molecule has 21 heavy (non-hydrogen) atoms. The van der Waals surface area contributed by atoms with E-state index in [-0.39, 0.29) is 0 Å². The first-order chi connectivity index (χ1) is 10.1. The topological polar surface area (TPSA) is 64.8 Å². The molecule has 0 atom stereocenters. The normalized spacial score (nSPS) is 14.1. The molecular weight excluding hydrogens is 262 g/mol. The summed E-state index contributed by atoms with van der Waals surface area (Å²) in [7, 11) is 0. The maximum absolute atomic E-state index is 8.88. The van der Waals surface area contributed by atoms with Crippen molar-refractivity contribution in [3.63, 3.8) is 0 Å². The monoisotopic (exact) mass is 287 g/mol. The molecule has 114 valence electrons. The van der Waals surface area contributed by atoms with E-state index < -0.39 is 0 Å². The van der Waals surface area contributed by atoms with Crippen LogP contribution < -0.4 is 10.2 Å². The Kier molecular flexibility index (Phi) is 5.00. The van der Waals surface area contributed by atoms with Gasteiger partial charge in [0.1, 0.15) is 17.5 Å². The lowest BCUT2D eigenvalue weighted by Crippen LogP contribution is -2.33. The molecule has 0 aromatic carbocycles. The molecule has 1 aromatic rings. The minimum atomic E-state index is 0.313. The van der Waals surface area contributed by atoms with Crippen molar-refractivity contribution in [2.75, 3.05) is 23.3 Å². The smallest absolute Gasteiger partial charge is 0.137 e. The number of rotatable bonds is 7. The van der Waals surface area contributed by atoms with Crippen LogP contribution in [0.4, 0.5) is 11.6 Å². The second-order valence-corrected chi connectivity index (χ2v) is 5.88. The molecule has 1 saturated carbocycles. The first-order valence-electron chi connectivity index (χ1n) is 7.84. The van der Waals surface area contributed by atoms with Crippen LogP contribution in [-0.2, 0) is 0 Å². The molecule has 1 aromatic heterocycles. The lowest BCUT2D eigenvalue weighted by atomic mass is 10.2. The molecule has 1 fully saturated rings. The van der Waals surface area contributed by atoms with Gasteiger partial charge >= 0.3 is 0 Å². The second-order valence-electron chi connectivity index (χ2n) is 5.88. The molecule has 0 saturated heterocycles. The Morgan fingerprint density at radius 2 is 2.10 bits per heavy atom. The fourth-order valence-corrected chi connectivity index (χ4v) is 2.44. The molecule has 0 unspecified atom stereocenters. The zero-order valence-corrected chi connectivity index (χ0v) is 13.5. The Morgan fingerprint density at radius 3 is 2.62 bits per heavy atom. The van der Waals surface area contributed by atoms with Crippen LogP contribution in [0.25, 0.3) is 0 Å².